The summed E-state index contributed by atoms with van der Waals surface area (Å²) in [5.74, 6) is -0.544. The number of carbonyl (C=O) groups excluding carboxylic acids is 1. The van der Waals surface area contributed by atoms with Gasteiger partial charge in [0.15, 0.2) is 11.5 Å². The minimum atomic E-state index is -1.19. The minimum Gasteiger partial charge on any atom is -0.478 e. The number of aliphatic carboxylic acids is 1. The van der Waals surface area contributed by atoms with Gasteiger partial charge in [-0.2, -0.15) is 0 Å². The van der Waals surface area contributed by atoms with Crippen molar-refractivity contribution < 1.29 is 24.2 Å². The molecule has 0 bridgehead atoms. The Morgan fingerprint density at radius 1 is 1.32 bits per heavy atom. The molecule has 0 saturated heterocycles. The fraction of sp³-hybridized carbons (Fsp3) is 0.167. The van der Waals surface area contributed by atoms with Crippen molar-refractivity contribution >= 4 is 17.6 Å². The summed E-state index contributed by atoms with van der Waals surface area (Å²) in [6.45, 7) is 0.123. The van der Waals surface area contributed by atoms with Crippen LogP contribution < -0.4 is 20.1 Å². The second-order valence-electron chi connectivity index (χ2n) is 4.11. The van der Waals surface area contributed by atoms with E-state index in [0.29, 0.717) is 17.2 Å². The van der Waals surface area contributed by atoms with Crippen molar-refractivity contribution in [2.75, 3.05) is 11.7 Å². The van der Waals surface area contributed by atoms with Crippen LogP contribution in [0.3, 0.4) is 0 Å². The van der Waals surface area contributed by atoms with E-state index >= 15 is 0 Å². The summed E-state index contributed by atoms with van der Waals surface area (Å²) in [4.78, 5) is 24.0. The Morgan fingerprint density at radius 3 is 2.74 bits per heavy atom. The van der Waals surface area contributed by atoms with Gasteiger partial charge in [0.05, 0.1) is 17.7 Å². The van der Waals surface area contributed by atoms with E-state index in [-0.39, 0.29) is 30.5 Å². The van der Waals surface area contributed by atoms with Gasteiger partial charge in [0.25, 0.3) is 0 Å². The van der Waals surface area contributed by atoms with Crippen LogP contribution in [0, 0.1) is 0 Å². The summed E-state index contributed by atoms with van der Waals surface area (Å²) >= 11 is 0. The van der Waals surface area contributed by atoms with Crippen LogP contribution in [0.4, 0.5) is 5.69 Å². The predicted octanol–water partition coefficient (Wildman–Crippen LogP) is 0.407. The molecule has 0 radical (unpaired) electrons. The molecule has 1 aromatic carbocycles. The van der Waals surface area contributed by atoms with Crippen LogP contribution in [0.25, 0.3) is 0 Å². The van der Waals surface area contributed by atoms with Gasteiger partial charge in [-0.1, -0.05) is 0 Å². The lowest BCUT2D eigenvalue weighted by Gasteiger charge is -2.17. The number of nitrogens with zero attached hydrogens (tertiary/aromatic N) is 1. The standard InChI is InChI=1S/C12H10N2O5/c13-11-7(12(16)17)4-10(15)14(11)6-1-2-8-9(3-6)19-5-18-8/h1-3H,4-5,13H2,(H,16,17). The number of rotatable bonds is 2. The molecule has 1 amide bonds. The van der Waals surface area contributed by atoms with E-state index in [0.717, 1.165) is 0 Å². The van der Waals surface area contributed by atoms with Gasteiger partial charge >= 0.3 is 5.97 Å². The van der Waals surface area contributed by atoms with Crippen LogP contribution in [0.15, 0.2) is 29.6 Å². The monoisotopic (exact) mass is 262 g/mol. The number of hydrogen-bond donors (Lipinski definition) is 2. The zero-order valence-electron chi connectivity index (χ0n) is 9.75. The first-order valence-corrected chi connectivity index (χ1v) is 5.52. The van der Waals surface area contributed by atoms with Crippen molar-refractivity contribution in [3.05, 3.63) is 29.6 Å². The van der Waals surface area contributed by atoms with Crippen molar-refractivity contribution in [3.8, 4) is 11.5 Å². The molecule has 1 aromatic rings. The Balaban J connectivity index is 2.02. The topological polar surface area (TPSA) is 102 Å². The maximum Gasteiger partial charge on any atom is 0.335 e. The maximum absolute atomic E-state index is 11.9. The highest BCUT2D eigenvalue weighted by atomic mass is 16.7. The van der Waals surface area contributed by atoms with Crippen molar-refractivity contribution in [2.24, 2.45) is 5.73 Å². The highest BCUT2D eigenvalue weighted by Crippen LogP contribution is 2.37. The molecular weight excluding hydrogens is 252 g/mol. The zero-order chi connectivity index (χ0) is 13.6. The minimum absolute atomic E-state index is 0.0589. The van der Waals surface area contributed by atoms with Crippen molar-refractivity contribution in [3.63, 3.8) is 0 Å². The van der Waals surface area contributed by atoms with Crippen LogP contribution in [-0.2, 0) is 9.59 Å². The number of carboxylic acid groups (broad SMARTS) is 1. The lowest BCUT2D eigenvalue weighted by molar-refractivity contribution is -0.133. The van der Waals surface area contributed by atoms with Gasteiger partial charge in [0.2, 0.25) is 12.7 Å². The molecule has 0 atom stereocenters. The Hall–Kier alpha value is -2.70. The predicted molar refractivity (Wildman–Crippen MR) is 63.5 cm³/mol. The van der Waals surface area contributed by atoms with Crippen LogP contribution >= 0.6 is 0 Å². The van der Waals surface area contributed by atoms with Gasteiger partial charge < -0.3 is 20.3 Å². The number of anilines is 1. The molecule has 3 rings (SSSR count). The Kier molecular flexibility index (Phi) is 2.34. The number of ether oxygens (including phenoxy) is 2. The summed E-state index contributed by atoms with van der Waals surface area (Å²) in [5.41, 5.74) is 6.09. The maximum atomic E-state index is 11.9. The summed E-state index contributed by atoms with van der Waals surface area (Å²) in [6, 6.07) is 4.87. The molecule has 0 saturated carbocycles. The molecule has 19 heavy (non-hydrogen) atoms. The number of nitrogens with two attached hydrogens (primary N) is 1. The smallest absolute Gasteiger partial charge is 0.335 e. The van der Waals surface area contributed by atoms with Crippen molar-refractivity contribution in [2.45, 2.75) is 6.42 Å². The second-order valence-corrected chi connectivity index (χ2v) is 4.11. The van der Waals surface area contributed by atoms with Crippen molar-refractivity contribution in [1.82, 2.24) is 0 Å². The first-order chi connectivity index (χ1) is 9.08. The number of fused-ring (bicyclic) bond motifs is 1. The molecule has 2 heterocycles. The molecule has 2 aliphatic heterocycles. The number of carbonyl (C=O) groups is 2. The third-order valence-electron chi connectivity index (χ3n) is 3.00. The fourth-order valence-electron chi connectivity index (χ4n) is 2.08. The molecule has 7 nitrogen and oxygen atoms in total. The van der Waals surface area contributed by atoms with Crippen molar-refractivity contribution in [1.29, 1.82) is 0 Å². The average molecular weight is 262 g/mol. The number of benzene rings is 1. The lowest BCUT2D eigenvalue weighted by Crippen LogP contribution is -2.28. The zero-order valence-corrected chi connectivity index (χ0v) is 9.75. The van der Waals surface area contributed by atoms with Crippen LogP contribution in [0.2, 0.25) is 0 Å². The average Bonchev–Trinajstić information content (AvgIpc) is 2.93. The van der Waals surface area contributed by atoms with Gasteiger partial charge in [-0.05, 0) is 12.1 Å². The molecule has 0 aliphatic carbocycles. The van der Waals surface area contributed by atoms with Crippen LogP contribution in [0.5, 0.6) is 11.5 Å². The third kappa shape index (κ3) is 1.67. The van der Waals surface area contributed by atoms with E-state index in [4.69, 9.17) is 20.3 Å². The lowest BCUT2D eigenvalue weighted by atomic mass is 10.2. The van der Waals surface area contributed by atoms with Gasteiger partial charge in [0.1, 0.15) is 5.82 Å². The molecule has 0 aromatic heterocycles. The normalized spacial score (nSPS) is 17.3. The number of hydrogen-bond acceptors (Lipinski definition) is 5. The van der Waals surface area contributed by atoms with E-state index in [9.17, 15) is 9.59 Å². The van der Waals surface area contributed by atoms with E-state index in [1.165, 1.54) is 4.90 Å². The Labute approximate surface area is 107 Å². The van der Waals surface area contributed by atoms with Gasteiger partial charge in [0, 0.05) is 6.07 Å². The van der Waals surface area contributed by atoms with Gasteiger partial charge in [-0.3, -0.25) is 9.69 Å². The van der Waals surface area contributed by atoms with E-state index < -0.39 is 5.97 Å². The van der Waals surface area contributed by atoms with Crippen LogP contribution in [-0.4, -0.2) is 23.8 Å². The summed E-state index contributed by atoms with van der Waals surface area (Å²) in [5, 5.41) is 8.96. The summed E-state index contributed by atoms with van der Waals surface area (Å²) < 4.78 is 10.4. The first kappa shape index (κ1) is 11.4. The van der Waals surface area contributed by atoms with Crippen LogP contribution in [0.1, 0.15) is 6.42 Å². The molecule has 0 unspecified atom stereocenters. The SMILES string of the molecule is NC1=C(C(=O)O)CC(=O)N1c1ccc2c(c1)OCO2. The number of carboxylic acids is 1. The van der Waals surface area contributed by atoms with Gasteiger partial charge in [-0.15, -0.1) is 0 Å². The second kappa shape index (κ2) is 3.91. The Morgan fingerprint density at radius 2 is 2.05 bits per heavy atom. The first-order valence-electron chi connectivity index (χ1n) is 5.52. The molecule has 0 spiro atoms. The molecule has 0 fully saturated rings. The largest absolute Gasteiger partial charge is 0.478 e. The van der Waals surface area contributed by atoms with E-state index in [2.05, 4.69) is 0 Å². The van der Waals surface area contributed by atoms with Gasteiger partial charge in [-0.25, -0.2) is 4.79 Å². The fourth-order valence-corrected chi connectivity index (χ4v) is 2.08. The summed E-state index contributed by atoms with van der Waals surface area (Å²) in [6.07, 6.45) is -0.213. The highest BCUT2D eigenvalue weighted by molar-refractivity contribution is 6.08. The third-order valence-corrected chi connectivity index (χ3v) is 3.00. The molecule has 3 N–H and O–H groups in total. The van der Waals surface area contributed by atoms with E-state index in [1.54, 1.807) is 18.2 Å². The molecule has 7 heteroatoms. The Bertz CT molecular complexity index is 623. The summed E-state index contributed by atoms with van der Waals surface area (Å²) in [7, 11) is 0. The quantitative estimate of drug-likeness (QED) is 0.800. The molecule has 2 aliphatic rings. The number of amides is 1. The molecular formula is C12H10N2O5. The highest BCUT2D eigenvalue weighted by Gasteiger charge is 2.33. The van der Waals surface area contributed by atoms with E-state index in [1.807, 2.05) is 0 Å². The molecule has 98 valence electrons.